The van der Waals surface area contributed by atoms with E-state index >= 15 is 0 Å². The zero-order valence-electron chi connectivity index (χ0n) is 8.81. The van der Waals surface area contributed by atoms with Crippen molar-refractivity contribution < 1.29 is 8.42 Å². The topological polar surface area (TPSA) is 34.1 Å². The molecule has 0 heterocycles. The van der Waals surface area contributed by atoms with Gasteiger partial charge in [0, 0.05) is 10.3 Å². The van der Waals surface area contributed by atoms with Gasteiger partial charge in [-0.15, -0.1) is 0 Å². The highest BCUT2D eigenvalue weighted by atomic mass is 35.5. The number of halogens is 1. The predicted molar refractivity (Wildman–Crippen MR) is 74.0 cm³/mol. The van der Waals surface area contributed by atoms with E-state index in [-0.39, 0.29) is 13.7 Å². The molecule has 0 aliphatic rings. The van der Waals surface area contributed by atoms with E-state index in [4.69, 9.17) is 23.8 Å². The van der Waals surface area contributed by atoms with E-state index in [0.29, 0.717) is 5.02 Å². The average molecular weight is 295 g/mol. The summed E-state index contributed by atoms with van der Waals surface area (Å²) >= 11 is 11.8. The summed E-state index contributed by atoms with van der Waals surface area (Å²) in [7, 11) is -3.52. The first kappa shape index (κ1) is 14.0. The van der Waals surface area contributed by atoms with E-state index in [2.05, 4.69) is 0 Å². The number of benzene rings is 1. The maximum Gasteiger partial charge on any atom is 0.222 e. The van der Waals surface area contributed by atoms with Crippen molar-refractivity contribution in [1.29, 1.82) is 0 Å². The quantitative estimate of drug-likeness (QED) is 0.781. The third-order valence-corrected chi connectivity index (χ3v) is 5.82. The Kier molecular flexibility index (Phi) is 4.79. The van der Waals surface area contributed by atoms with Crippen molar-refractivity contribution in [1.82, 2.24) is 0 Å². The Morgan fingerprint density at radius 1 is 1.31 bits per heavy atom. The first-order valence-corrected chi connectivity index (χ1v) is 7.70. The fourth-order valence-corrected chi connectivity index (χ4v) is 4.40. The molecule has 2 nitrogen and oxygen atoms in total. The van der Waals surface area contributed by atoms with Crippen LogP contribution in [0.25, 0.3) is 0 Å². The maximum atomic E-state index is 12.0. The van der Waals surface area contributed by atoms with Gasteiger partial charge in [0.05, 0.1) is 4.90 Å². The molecule has 6 heteroatoms. The summed E-state index contributed by atoms with van der Waals surface area (Å²) in [6, 6.07) is 6.00. The second-order valence-electron chi connectivity index (χ2n) is 3.37. The van der Waals surface area contributed by atoms with E-state index in [1.54, 1.807) is 0 Å². The lowest BCUT2D eigenvalue weighted by Crippen LogP contribution is -2.11. The molecule has 1 aromatic rings. The van der Waals surface area contributed by atoms with Crippen LogP contribution < -0.4 is 0 Å². The third-order valence-electron chi connectivity index (χ3n) is 1.68. The molecular weight excluding hydrogens is 284 g/mol. The van der Waals surface area contributed by atoms with Crippen molar-refractivity contribution >= 4 is 48.9 Å². The van der Waals surface area contributed by atoms with E-state index in [0.717, 1.165) is 0 Å². The van der Waals surface area contributed by atoms with Crippen LogP contribution in [-0.2, 0) is 9.84 Å². The molecule has 0 radical (unpaired) electrons. The van der Waals surface area contributed by atoms with Crippen LogP contribution in [0.5, 0.6) is 0 Å². The number of thioether (sulfide) groups is 1. The molecule has 88 valence electrons. The first-order valence-electron chi connectivity index (χ1n) is 4.55. The Balaban J connectivity index is 3.03. The number of rotatable bonds is 2. The molecule has 0 bridgehead atoms. The Morgan fingerprint density at radius 2 is 1.81 bits per heavy atom. The van der Waals surface area contributed by atoms with E-state index in [9.17, 15) is 8.42 Å². The molecule has 0 atom stereocenters. The van der Waals surface area contributed by atoms with Gasteiger partial charge in [0.2, 0.25) is 9.84 Å². The number of thiocarbonyl (C=S) groups is 1. The second-order valence-corrected chi connectivity index (χ2v) is 8.47. The Morgan fingerprint density at radius 3 is 2.25 bits per heavy atom. The molecule has 0 aliphatic carbocycles. The molecule has 0 N–H and O–H groups in total. The molecule has 0 saturated heterocycles. The van der Waals surface area contributed by atoms with Crippen LogP contribution in [-0.4, -0.2) is 17.2 Å². The summed E-state index contributed by atoms with van der Waals surface area (Å²) in [4.78, 5) is 0.190. The van der Waals surface area contributed by atoms with Crippen molar-refractivity contribution in [3.63, 3.8) is 0 Å². The van der Waals surface area contributed by atoms with Crippen LogP contribution in [0.4, 0.5) is 0 Å². The van der Waals surface area contributed by atoms with Crippen molar-refractivity contribution in [3.8, 4) is 0 Å². The third kappa shape index (κ3) is 3.45. The lowest BCUT2D eigenvalue weighted by Gasteiger charge is -2.07. The normalized spacial score (nSPS) is 11.8. The van der Waals surface area contributed by atoms with Crippen LogP contribution in [0, 0.1) is 0 Å². The summed E-state index contributed by atoms with van der Waals surface area (Å²) in [6.07, 6.45) is 0. The molecule has 0 saturated carbocycles. The van der Waals surface area contributed by atoms with Gasteiger partial charge in [-0.2, -0.15) is 0 Å². The minimum absolute atomic E-state index is 0.00447. The molecule has 0 aromatic heterocycles. The number of hydrogen-bond donors (Lipinski definition) is 0. The highest BCUT2D eigenvalue weighted by Crippen LogP contribution is 2.23. The summed E-state index contributed by atoms with van der Waals surface area (Å²) in [5, 5.41) is 0.649. The fraction of sp³-hybridized carbons (Fsp3) is 0.300. The smallest absolute Gasteiger partial charge is 0.217 e. The molecule has 1 aromatic carbocycles. The average Bonchev–Trinajstić information content (AvgIpc) is 2.17. The first-order chi connectivity index (χ1) is 7.34. The molecule has 1 rings (SSSR count). The van der Waals surface area contributed by atoms with Crippen LogP contribution in [0.2, 0.25) is 5.02 Å². The maximum absolute atomic E-state index is 12.0. The van der Waals surface area contributed by atoms with Crippen molar-refractivity contribution in [2.75, 3.05) is 0 Å². The van der Waals surface area contributed by atoms with Crippen LogP contribution in [0.3, 0.4) is 0 Å². The molecular formula is C10H11ClO2S3. The summed E-state index contributed by atoms with van der Waals surface area (Å²) in [6.45, 7) is 3.79. The standard InChI is InChI=1S/C10H11ClO2S3/c1-7(2)15-10(14)16(12,13)9-5-3-8(11)4-6-9/h3-7H,1-2H3. The number of sulfone groups is 1. The predicted octanol–water partition coefficient (Wildman–Crippen LogP) is 3.54. The molecule has 0 spiro atoms. The molecule has 0 fully saturated rings. The van der Waals surface area contributed by atoms with Gasteiger partial charge >= 0.3 is 0 Å². The Hall–Kier alpha value is -0.100. The molecule has 0 unspecified atom stereocenters. The SMILES string of the molecule is CC(C)SC(=S)S(=O)(=O)c1ccc(Cl)cc1. The van der Waals surface area contributed by atoms with Gasteiger partial charge in [-0.1, -0.05) is 49.4 Å². The van der Waals surface area contributed by atoms with Gasteiger partial charge in [-0.05, 0) is 24.3 Å². The largest absolute Gasteiger partial charge is 0.222 e. The van der Waals surface area contributed by atoms with Gasteiger partial charge < -0.3 is 0 Å². The summed E-state index contributed by atoms with van der Waals surface area (Å²) in [5.74, 6) is 0. The van der Waals surface area contributed by atoms with Crippen molar-refractivity contribution in [3.05, 3.63) is 29.3 Å². The van der Waals surface area contributed by atoms with Crippen LogP contribution in [0.15, 0.2) is 29.2 Å². The van der Waals surface area contributed by atoms with E-state index < -0.39 is 9.84 Å². The van der Waals surface area contributed by atoms with Crippen molar-refractivity contribution in [2.24, 2.45) is 0 Å². The minimum atomic E-state index is -3.52. The van der Waals surface area contributed by atoms with Gasteiger partial charge in [0.1, 0.15) is 0 Å². The lowest BCUT2D eigenvalue weighted by molar-refractivity contribution is 0.608. The van der Waals surface area contributed by atoms with Gasteiger partial charge in [-0.25, -0.2) is 8.42 Å². The summed E-state index contributed by atoms with van der Waals surface area (Å²) < 4.78 is 24.0. The molecule has 0 aliphatic heterocycles. The second kappa shape index (κ2) is 5.49. The van der Waals surface area contributed by atoms with E-state index in [1.807, 2.05) is 13.8 Å². The van der Waals surface area contributed by atoms with E-state index in [1.165, 1.54) is 36.0 Å². The van der Waals surface area contributed by atoms with Crippen molar-refractivity contribution in [2.45, 2.75) is 24.0 Å². The van der Waals surface area contributed by atoms with Crippen LogP contribution in [0.1, 0.15) is 13.8 Å². The highest BCUT2D eigenvalue weighted by molar-refractivity contribution is 8.44. The Labute approximate surface area is 110 Å². The molecule has 0 amide bonds. The van der Waals surface area contributed by atoms with Gasteiger partial charge in [0.15, 0.2) is 3.53 Å². The number of hydrogen-bond acceptors (Lipinski definition) is 4. The van der Waals surface area contributed by atoms with Gasteiger partial charge in [0.25, 0.3) is 0 Å². The zero-order valence-corrected chi connectivity index (χ0v) is 12.0. The van der Waals surface area contributed by atoms with Gasteiger partial charge in [-0.3, -0.25) is 0 Å². The molecule has 16 heavy (non-hydrogen) atoms. The highest BCUT2D eigenvalue weighted by Gasteiger charge is 2.21. The monoisotopic (exact) mass is 294 g/mol. The minimum Gasteiger partial charge on any atom is -0.217 e. The summed E-state index contributed by atoms with van der Waals surface area (Å²) in [5.41, 5.74) is 0. The fourth-order valence-electron chi connectivity index (χ4n) is 0.966. The zero-order chi connectivity index (χ0) is 12.3. The Bertz CT molecular complexity index is 477. The van der Waals surface area contributed by atoms with Crippen LogP contribution >= 0.6 is 35.6 Å². The lowest BCUT2D eigenvalue weighted by atomic mass is 10.4.